The molecule has 0 fully saturated rings. The minimum atomic E-state index is -0.786. The summed E-state index contributed by atoms with van der Waals surface area (Å²) in [7, 11) is 1.51. The van der Waals surface area contributed by atoms with Crippen molar-refractivity contribution in [1.29, 1.82) is 0 Å². The number of halogens is 1. The van der Waals surface area contributed by atoms with Crippen LogP contribution in [0.1, 0.15) is 30.8 Å². The second kappa shape index (κ2) is 6.11. The van der Waals surface area contributed by atoms with Gasteiger partial charge in [0, 0.05) is 6.42 Å². The van der Waals surface area contributed by atoms with Gasteiger partial charge in [0.1, 0.15) is 17.2 Å². The van der Waals surface area contributed by atoms with Crippen LogP contribution < -0.4 is 10.1 Å². The second-order valence-electron chi connectivity index (χ2n) is 6.75. The topological polar surface area (TPSA) is 94.8 Å². The van der Waals surface area contributed by atoms with Crippen LogP contribution in [-0.4, -0.2) is 38.0 Å². The van der Waals surface area contributed by atoms with E-state index < -0.39 is 5.41 Å². The number of carbonyl (C=O) groups is 1. The smallest absolute Gasteiger partial charge is 0.272 e. The Morgan fingerprint density at radius 3 is 2.78 bits per heavy atom. The highest BCUT2D eigenvalue weighted by atomic mass is 19.1. The van der Waals surface area contributed by atoms with Crippen LogP contribution in [0.15, 0.2) is 30.5 Å². The van der Waals surface area contributed by atoms with Crippen LogP contribution in [0.4, 0.5) is 10.2 Å². The zero-order chi connectivity index (χ0) is 19.2. The fourth-order valence-electron chi connectivity index (χ4n) is 2.91. The summed E-state index contributed by atoms with van der Waals surface area (Å²) in [6, 6.07) is 6.49. The van der Waals surface area contributed by atoms with Crippen LogP contribution in [0.5, 0.6) is 5.75 Å². The molecule has 0 aliphatic carbocycles. The van der Waals surface area contributed by atoms with Crippen molar-refractivity contribution in [3.8, 4) is 11.7 Å². The van der Waals surface area contributed by atoms with E-state index in [0.717, 1.165) is 0 Å². The molecule has 0 atom stereocenters. The van der Waals surface area contributed by atoms with Gasteiger partial charge in [-0.25, -0.2) is 9.07 Å². The van der Waals surface area contributed by atoms with Gasteiger partial charge in [-0.1, -0.05) is 18.2 Å². The monoisotopic (exact) mass is 368 g/mol. The number of nitrogens with zero attached hydrogens (tertiary/aromatic N) is 5. The van der Waals surface area contributed by atoms with Crippen molar-refractivity contribution in [3.63, 3.8) is 0 Å². The lowest BCUT2D eigenvalue weighted by atomic mass is 9.91. The van der Waals surface area contributed by atoms with Crippen LogP contribution in [0.2, 0.25) is 0 Å². The van der Waals surface area contributed by atoms with Gasteiger partial charge in [-0.2, -0.15) is 10.1 Å². The fraction of sp³-hybridized carbons (Fsp3) is 0.278. The van der Waals surface area contributed by atoms with E-state index >= 15 is 0 Å². The Bertz CT molecular complexity index is 1050. The number of carbonyl (C=O) groups excluding carboxylic acids is 1. The molecule has 1 N–H and O–H groups in total. The number of fused-ring (bicyclic) bond motifs is 1. The average Bonchev–Trinajstić information content (AvgIpc) is 3.15. The Hall–Kier alpha value is -3.36. The molecule has 4 rings (SSSR count). The zero-order valence-electron chi connectivity index (χ0n) is 15.0. The van der Waals surface area contributed by atoms with E-state index in [9.17, 15) is 9.18 Å². The first kappa shape index (κ1) is 17.1. The summed E-state index contributed by atoms with van der Waals surface area (Å²) >= 11 is 0. The van der Waals surface area contributed by atoms with Crippen LogP contribution in [0.25, 0.3) is 5.95 Å². The first-order valence-corrected chi connectivity index (χ1v) is 8.33. The third kappa shape index (κ3) is 2.80. The summed E-state index contributed by atoms with van der Waals surface area (Å²) in [5, 5.41) is 15.3. The summed E-state index contributed by atoms with van der Waals surface area (Å²) in [5.41, 5.74) is 0.743. The van der Waals surface area contributed by atoms with Gasteiger partial charge >= 0.3 is 0 Å². The van der Waals surface area contributed by atoms with Crippen molar-refractivity contribution >= 4 is 11.7 Å². The molecular weight excluding hydrogens is 351 g/mol. The first-order chi connectivity index (χ1) is 12.9. The Labute approximate surface area is 154 Å². The molecule has 0 radical (unpaired) electrons. The quantitative estimate of drug-likeness (QED) is 0.757. The van der Waals surface area contributed by atoms with E-state index in [2.05, 4.69) is 25.6 Å². The lowest BCUT2D eigenvalue weighted by molar-refractivity contribution is -0.119. The third-order valence-corrected chi connectivity index (χ3v) is 4.56. The lowest BCUT2D eigenvalue weighted by Crippen LogP contribution is -2.27. The molecule has 138 valence electrons. The Morgan fingerprint density at radius 1 is 1.26 bits per heavy atom. The molecular formula is C18H17FN6O2. The van der Waals surface area contributed by atoms with Gasteiger partial charge in [0.25, 0.3) is 5.95 Å². The van der Waals surface area contributed by atoms with Crippen molar-refractivity contribution in [2.45, 2.75) is 25.7 Å². The normalized spacial score (nSPS) is 14.7. The van der Waals surface area contributed by atoms with Crippen LogP contribution in [-0.2, 0) is 16.6 Å². The molecule has 3 aromatic rings. The van der Waals surface area contributed by atoms with Crippen LogP contribution in [0, 0.1) is 5.82 Å². The molecule has 0 saturated heterocycles. The molecule has 9 heteroatoms. The number of rotatable bonds is 4. The predicted molar refractivity (Wildman–Crippen MR) is 94.4 cm³/mol. The molecule has 8 nitrogen and oxygen atoms in total. The second-order valence-corrected chi connectivity index (χ2v) is 6.75. The maximum atomic E-state index is 13.9. The van der Waals surface area contributed by atoms with Gasteiger partial charge < -0.3 is 10.1 Å². The number of hydrogen-bond donors (Lipinski definition) is 1. The molecule has 0 bridgehead atoms. The predicted octanol–water partition coefficient (Wildman–Crippen LogP) is 2.03. The number of methoxy groups -OCH3 is 1. The van der Waals surface area contributed by atoms with Crippen molar-refractivity contribution < 1.29 is 13.9 Å². The number of anilines is 1. The number of aromatic nitrogens is 5. The van der Waals surface area contributed by atoms with Gasteiger partial charge in [0.05, 0.1) is 18.7 Å². The molecule has 1 amide bonds. The Balaban J connectivity index is 1.70. The minimum absolute atomic E-state index is 0.185. The molecule has 2 aromatic heterocycles. The summed E-state index contributed by atoms with van der Waals surface area (Å²) in [6.07, 6.45) is 1.85. The molecule has 1 aliphatic heterocycles. The van der Waals surface area contributed by atoms with E-state index in [0.29, 0.717) is 28.5 Å². The van der Waals surface area contributed by atoms with Crippen molar-refractivity contribution in [3.05, 3.63) is 53.2 Å². The molecule has 1 aromatic carbocycles. The van der Waals surface area contributed by atoms with Gasteiger partial charge in [-0.15, -0.1) is 10.2 Å². The van der Waals surface area contributed by atoms with Gasteiger partial charge in [-0.3, -0.25) is 4.79 Å². The van der Waals surface area contributed by atoms with Crippen molar-refractivity contribution in [2.24, 2.45) is 0 Å². The van der Waals surface area contributed by atoms with Gasteiger partial charge in [0.2, 0.25) is 5.91 Å². The highest BCUT2D eigenvalue weighted by Gasteiger charge is 2.41. The molecule has 0 saturated carbocycles. The lowest BCUT2D eigenvalue weighted by Gasteiger charge is -2.11. The summed E-state index contributed by atoms with van der Waals surface area (Å²) in [4.78, 5) is 16.4. The maximum Gasteiger partial charge on any atom is 0.272 e. The SMILES string of the molecule is COc1cn(-c2nnc3c(n2)NC(=O)C3(C)C)nc1Cc1ccccc1F. The van der Waals surface area contributed by atoms with Crippen LogP contribution >= 0.6 is 0 Å². The minimum Gasteiger partial charge on any atom is -0.493 e. The van der Waals surface area contributed by atoms with E-state index in [1.807, 2.05) is 0 Å². The first-order valence-electron chi connectivity index (χ1n) is 8.33. The summed E-state index contributed by atoms with van der Waals surface area (Å²) in [5.74, 6) is 0.529. The Kier molecular flexibility index (Phi) is 3.87. The van der Waals surface area contributed by atoms with Crippen LogP contribution in [0.3, 0.4) is 0 Å². The molecule has 3 heterocycles. The molecule has 0 spiro atoms. The number of amides is 1. The van der Waals surface area contributed by atoms with E-state index in [1.54, 1.807) is 38.2 Å². The van der Waals surface area contributed by atoms with E-state index in [1.165, 1.54) is 17.9 Å². The highest BCUT2D eigenvalue weighted by Crippen LogP contribution is 2.34. The average molecular weight is 368 g/mol. The van der Waals surface area contributed by atoms with Gasteiger partial charge in [0.15, 0.2) is 11.6 Å². The largest absolute Gasteiger partial charge is 0.493 e. The molecule has 0 unspecified atom stereocenters. The summed E-state index contributed by atoms with van der Waals surface area (Å²) in [6.45, 7) is 3.52. The third-order valence-electron chi connectivity index (χ3n) is 4.56. The fourth-order valence-corrected chi connectivity index (χ4v) is 2.91. The van der Waals surface area contributed by atoms with E-state index in [4.69, 9.17) is 4.74 Å². The highest BCUT2D eigenvalue weighted by molar-refractivity contribution is 6.03. The molecule has 1 aliphatic rings. The zero-order valence-corrected chi connectivity index (χ0v) is 15.0. The Morgan fingerprint density at radius 2 is 2.04 bits per heavy atom. The maximum absolute atomic E-state index is 13.9. The van der Waals surface area contributed by atoms with E-state index in [-0.39, 0.29) is 24.1 Å². The standard InChI is InChI=1S/C18H17FN6O2/c1-18(2)14-15(20-16(18)26)21-17(23-22-14)25-9-13(27-3)12(24-25)8-10-6-4-5-7-11(10)19/h4-7,9H,8H2,1-3H3,(H,20,21,23,26). The number of ether oxygens (including phenoxy) is 1. The number of nitrogens with one attached hydrogen (secondary N) is 1. The summed E-state index contributed by atoms with van der Waals surface area (Å²) < 4.78 is 20.7. The number of benzene rings is 1. The van der Waals surface area contributed by atoms with Crippen molar-refractivity contribution in [2.75, 3.05) is 12.4 Å². The van der Waals surface area contributed by atoms with Gasteiger partial charge in [-0.05, 0) is 25.5 Å². The number of hydrogen-bond acceptors (Lipinski definition) is 6. The van der Waals surface area contributed by atoms with Crippen molar-refractivity contribution in [1.82, 2.24) is 25.0 Å². The molecule has 27 heavy (non-hydrogen) atoms.